The highest BCUT2D eigenvalue weighted by Crippen LogP contribution is 2.39. The lowest BCUT2D eigenvalue weighted by atomic mass is 10.0. The van der Waals surface area contributed by atoms with Gasteiger partial charge in [-0.1, -0.05) is 35.9 Å². The van der Waals surface area contributed by atoms with Crippen molar-refractivity contribution in [1.82, 2.24) is 0 Å². The molecule has 1 aliphatic rings. The standard InChI is InChI=1S/C26H24N2O5/c1-16-9-11-17(12-10-16)28-25(29)23(19-7-5-6-8-21(19)32-3)24(26(28)30)27-20-14-13-18(31-2)15-22(20)33-4/h5-15,27H,1-4H3. The van der Waals surface area contributed by atoms with Crippen LogP contribution in [0, 0.1) is 6.92 Å². The fourth-order valence-corrected chi connectivity index (χ4v) is 3.71. The van der Waals surface area contributed by atoms with E-state index in [-0.39, 0.29) is 11.3 Å². The van der Waals surface area contributed by atoms with Crippen molar-refractivity contribution in [2.75, 3.05) is 31.5 Å². The number of nitrogens with zero attached hydrogens (tertiary/aromatic N) is 1. The van der Waals surface area contributed by atoms with E-state index in [1.807, 2.05) is 25.1 Å². The van der Waals surface area contributed by atoms with Crippen LogP contribution in [-0.2, 0) is 9.59 Å². The maximum absolute atomic E-state index is 13.6. The summed E-state index contributed by atoms with van der Waals surface area (Å²) in [5.74, 6) is 0.646. The maximum atomic E-state index is 13.6. The third-order valence-electron chi connectivity index (χ3n) is 5.42. The summed E-state index contributed by atoms with van der Waals surface area (Å²) in [4.78, 5) is 28.4. The first-order chi connectivity index (χ1) is 16.0. The molecule has 3 aromatic rings. The molecule has 0 aliphatic carbocycles. The highest BCUT2D eigenvalue weighted by Gasteiger charge is 2.41. The van der Waals surface area contributed by atoms with Gasteiger partial charge in [-0.05, 0) is 37.3 Å². The quantitative estimate of drug-likeness (QED) is 0.544. The maximum Gasteiger partial charge on any atom is 0.282 e. The molecule has 0 bridgehead atoms. The number of methoxy groups -OCH3 is 3. The van der Waals surface area contributed by atoms with Crippen LogP contribution >= 0.6 is 0 Å². The van der Waals surface area contributed by atoms with Gasteiger partial charge in [-0.3, -0.25) is 9.59 Å². The Bertz CT molecular complexity index is 1250. The molecule has 168 valence electrons. The molecule has 4 rings (SSSR count). The normalized spacial score (nSPS) is 13.4. The number of carbonyl (C=O) groups is 2. The van der Waals surface area contributed by atoms with Crippen LogP contribution in [-0.4, -0.2) is 33.1 Å². The lowest BCUT2D eigenvalue weighted by Gasteiger charge is -2.16. The van der Waals surface area contributed by atoms with Crippen molar-refractivity contribution in [3.05, 3.63) is 83.6 Å². The summed E-state index contributed by atoms with van der Waals surface area (Å²) in [7, 11) is 4.61. The second-order valence-electron chi connectivity index (χ2n) is 7.42. The third kappa shape index (κ3) is 4.01. The number of imide groups is 1. The van der Waals surface area contributed by atoms with Crippen LogP contribution in [0.25, 0.3) is 5.57 Å². The first-order valence-electron chi connectivity index (χ1n) is 10.3. The molecule has 7 heteroatoms. The molecule has 0 saturated carbocycles. The van der Waals surface area contributed by atoms with Crippen LogP contribution < -0.4 is 24.4 Å². The number of aryl methyl sites for hydroxylation is 1. The molecular formula is C26H24N2O5. The number of rotatable bonds is 7. The second kappa shape index (κ2) is 9.08. The van der Waals surface area contributed by atoms with E-state index in [1.165, 1.54) is 19.1 Å². The minimum atomic E-state index is -0.470. The Morgan fingerprint density at radius 1 is 0.758 bits per heavy atom. The fourth-order valence-electron chi connectivity index (χ4n) is 3.71. The number of benzene rings is 3. The van der Waals surface area contributed by atoms with Crippen LogP contribution in [0.2, 0.25) is 0 Å². The molecule has 0 fully saturated rings. The molecule has 33 heavy (non-hydrogen) atoms. The van der Waals surface area contributed by atoms with Crippen molar-refractivity contribution in [2.45, 2.75) is 6.92 Å². The zero-order chi connectivity index (χ0) is 23.5. The molecule has 2 amide bonds. The van der Waals surface area contributed by atoms with Crippen LogP contribution in [0.1, 0.15) is 11.1 Å². The van der Waals surface area contributed by atoms with E-state index in [0.29, 0.717) is 34.2 Å². The minimum absolute atomic E-state index is 0.133. The molecule has 3 aromatic carbocycles. The van der Waals surface area contributed by atoms with Crippen LogP contribution in [0.4, 0.5) is 11.4 Å². The molecule has 0 spiro atoms. The van der Waals surface area contributed by atoms with E-state index in [1.54, 1.807) is 55.6 Å². The smallest absolute Gasteiger partial charge is 0.282 e. The summed E-state index contributed by atoms with van der Waals surface area (Å²) in [6.07, 6.45) is 0. The van der Waals surface area contributed by atoms with Crippen LogP contribution in [0.15, 0.2) is 72.4 Å². The number of ether oxygens (including phenoxy) is 3. The zero-order valence-corrected chi connectivity index (χ0v) is 18.8. The fraction of sp³-hybridized carbons (Fsp3) is 0.154. The van der Waals surface area contributed by atoms with Crippen LogP contribution in [0.3, 0.4) is 0 Å². The van der Waals surface area contributed by atoms with Gasteiger partial charge in [0.25, 0.3) is 11.8 Å². The van der Waals surface area contributed by atoms with Gasteiger partial charge in [-0.15, -0.1) is 0 Å². The molecular weight excluding hydrogens is 420 g/mol. The van der Waals surface area contributed by atoms with Crippen molar-refractivity contribution in [1.29, 1.82) is 0 Å². The van der Waals surface area contributed by atoms with Gasteiger partial charge >= 0.3 is 0 Å². The van der Waals surface area contributed by atoms with E-state index in [4.69, 9.17) is 14.2 Å². The van der Waals surface area contributed by atoms with Crippen molar-refractivity contribution in [3.63, 3.8) is 0 Å². The van der Waals surface area contributed by atoms with E-state index >= 15 is 0 Å². The molecule has 1 N–H and O–H groups in total. The Kier molecular flexibility index (Phi) is 6.04. The van der Waals surface area contributed by atoms with E-state index in [9.17, 15) is 9.59 Å². The van der Waals surface area contributed by atoms with Gasteiger partial charge in [0.05, 0.1) is 38.3 Å². The second-order valence-corrected chi connectivity index (χ2v) is 7.42. The lowest BCUT2D eigenvalue weighted by Crippen LogP contribution is -2.32. The summed E-state index contributed by atoms with van der Waals surface area (Å²) in [5, 5.41) is 3.13. The molecule has 0 atom stereocenters. The van der Waals surface area contributed by atoms with Gasteiger partial charge in [0.15, 0.2) is 0 Å². The molecule has 1 aliphatic heterocycles. The van der Waals surface area contributed by atoms with Gasteiger partial charge < -0.3 is 19.5 Å². The van der Waals surface area contributed by atoms with Gasteiger partial charge in [-0.2, -0.15) is 0 Å². The Labute approximate surface area is 192 Å². The SMILES string of the molecule is COc1ccc(NC2=C(c3ccccc3OC)C(=O)N(c3ccc(C)cc3)C2=O)c(OC)c1. The van der Waals surface area contributed by atoms with E-state index in [0.717, 1.165) is 5.56 Å². The number of amides is 2. The van der Waals surface area contributed by atoms with Crippen molar-refractivity contribution in [2.24, 2.45) is 0 Å². The highest BCUT2D eigenvalue weighted by molar-refractivity contribution is 6.46. The largest absolute Gasteiger partial charge is 0.497 e. The summed E-state index contributed by atoms with van der Waals surface area (Å²) in [5.41, 5.74) is 2.90. The third-order valence-corrected chi connectivity index (χ3v) is 5.42. The number of hydrogen-bond acceptors (Lipinski definition) is 6. The predicted octanol–water partition coefficient (Wildman–Crippen LogP) is 4.42. The van der Waals surface area contributed by atoms with Crippen molar-refractivity contribution in [3.8, 4) is 17.2 Å². The van der Waals surface area contributed by atoms with Crippen LogP contribution in [0.5, 0.6) is 17.2 Å². The average Bonchev–Trinajstić information content (AvgIpc) is 3.08. The molecule has 0 unspecified atom stereocenters. The molecule has 0 radical (unpaired) electrons. The van der Waals surface area contributed by atoms with Crippen molar-refractivity contribution < 1.29 is 23.8 Å². The predicted molar refractivity (Wildman–Crippen MR) is 127 cm³/mol. The molecule has 0 aromatic heterocycles. The minimum Gasteiger partial charge on any atom is -0.497 e. The first-order valence-corrected chi connectivity index (χ1v) is 10.3. The number of nitrogens with one attached hydrogen (secondary N) is 1. The molecule has 1 heterocycles. The molecule has 0 saturated heterocycles. The lowest BCUT2D eigenvalue weighted by molar-refractivity contribution is -0.120. The number of hydrogen-bond donors (Lipinski definition) is 1. The number of carbonyl (C=O) groups excluding carboxylic acids is 2. The van der Waals surface area contributed by atoms with E-state index < -0.39 is 11.8 Å². The summed E-state index contributed by atoms with van der Waals surface area (Å²) in [6.45, 7) is 1.94. The van der Waals surface area contributed by atoms with Gasteiger partial charge in [0.1, 0.15) is 22.9 Å². The van der Waals surface area contributed by atoms with E-state index in [2.05, 4.69) is 5.32 Å². The Balaban J connectivity index is 1.87. The zero-order valence-electron chi connectivity index (χ0n) is 18.8. The van der Waals surface area contributed by atoms with Gasteiger partial charge in [0, 0.05) is 11.6 Å². The number of para-hydroxylation sites is 1. The topological polar surface area (TPSA) is 77.1 Å². The highest BCUT2D eigenvalue weighted by atomic mass is 16.5. The molecule has 7 nitrogen and oxygen atoms in total. The number of anilines is 2. The van der Waals surface area contributed by atoms with Crippen molar-refractivity contribution >= 4 is 28.8 Å². The Morgan fingerprint density at radius 2 is 1.45 bits per heavy atom. The average molecular weight is 444 g/mol. The summed E-state index contributed by atoms with van der Waals surface area (Å²) >= 11 is 0. The summed E-state index contributed by atoms with van der Waals surface area (Å²) < 4.78 is 16.2. The summed E-state index contributed by atoms with van der Waals surface area (Å²) in [6, 6.07) is 19.5. The first kappa shape index (κ1) is 22.0. The Morgan fingerprint density at radius 3 is 2.12 bits per heavy atom. The van der Waals surface area contributed by atoms with Gasteiger partial charge in [0.2, 0.25) is 0 Å². The monoisotopic (exact) mass is 444 g/mol. The Hall–Kier alpha value is -4.26. The van der Waals surface area contributed by atoms with Gasteiger partial charge in [-0.25, -0.2) is 4.90 Å².